The maximum atomic E-state index is 12.6. The predicted molar refractivity (Wildman–Crippen MR) is 51.4 cm³/mol. The van der Waals surface area contributed by atoms with Gasteiger partial charge >= 0.3 is 7.12 Å². The summed E-state index contributed by atoms with van der Waals surface area (Å²) in [6.45, 7) is 0.0880. The van der Waals surface area contributed by atoms with E-state index in [0.717, 1.165) is 6.07 Å². The molecule has 0 aliphatic carbocycles. The highest BCUT2D eigenvalue weighted by Crippen LogP contribution is 2.00. The molecule has 0 spiro atoms. The molecule has 0 aliphatic heterocycles. The number of nitrogens with two attached hydrogens (primary N) is 1. The Morgan fingerprint density at radius 1 is 1.38 bits per heavy atom. The van der Waals surface area contributed by atoms with Gasteiger partial charge in [-0.2, -0.15) is 0 Å². The molecule has 1 rings (SSSR count). The molecule has 6 heteroatoms. The van der Waals surface area contributed by atoms with Crippen molar-refractivity contribution in [3.63, 3.8) is 0 Å². The highest BCUT2D eigenvalue weighted by atomic mass is 35.5. The lowest BCUT2D eigenvalue weighted by molar-refractivity contribution is 0.425. The number of hydrogen-bond acceptors (Lipinski definition) is 3. The Labute approximate surface area is 81.9 Å². The first kappa shape index (κ1) is 12.4. The molecule has 0 fully saturated rings. The van der Waals surface area contributed by atoms with Crippen molar-refractivity contribution in [3.05, 3.63) is 29.6 Å². The first-order valence-electron chi connectivity index (χ1n) is 3.49. The van der Waals surface area contributed by atoms with Gasteiger partial charge in [0, 0.05) is 6.54 Å². The van der Waals surface area contributed by atoms with Crippen LogP contribution in [0.1, 0.15) is 5.56 Å². The van der Waals surface area contributed by atoms with Crippen LogP contribution < -0.4 is 11.2 Å². The average molecular weight is 205 g/mol. The molecule has 0 unspecified atom stereocenters. The minimum absolute atomic E-state index is 0. The molecule has 0 atom stereocenters. The third-order valence-electron chi connectivity index (χ3n) is 1.60. The maximum absolute atomic E-state index is 12.6. The second kappa shape index (κ2) is 5.19. The van der Waals surface area contributed by atoms with Crippen LogP contribution in [0.4, 0.5) is 4.39 Å². The molecule has 0 aromatic heterocycles. The van der Waals surface area contributed by atoms with Gasteiger partial charge < -0.3 is 15.8 Å². The molecule has 1 aromatic carbocycles. The first-order valence-corrected chi connectivity index (χ1v) is 3.49. The van der Waals surface area contributed by atoms with Crippen molar-refractivity contribution in [1.82, 2.24) is 0 Å². The van der Waals surface area contributed by atoms with Gasteiger partial charge in [-0.1, -0.05) is 6.07 Å². The van der Waals surface area contributed by atoms with Crippen LogP contribution in [0.3, 0.4) is 0 Å². The lowest BCUT2D eigenvalue weighted by Crippen LogP contribution is -2.34. The summed E-state index contributed by atoms with van der Waals surface area (Å²) < 4.78 is 12.6. The third kappa shape index (κ3) is 2.97. The summed E-state index contributed by atoms with van der Waals surface area (Å²) in [6, 6.07) is 3.66. The predicted octanol–water partition coefficient (Wildman–Crippen LogP) is -0.614. The van der Waals surface area contributed by atoms with E-state index in [2.05, 4.69) is 0 Å². The van der Waals surface area contributed by atoms with E-state index in [9.17, 15) is 4.39 Å². The summed E-state index contributed by atoms with van der Waals surface area (Å²) in [5.41, 5.74) is 5.92. The van der Waals surface area contributed by atoms with Crippen LogP contribution in [0.2, 0.25) is 0 Å². The van der Waals surface area contributed by atoms with Crippen LogP contribution in [0.15, 0.2) is 18.2 Å². The maximum Gasteiger partial charge on any atom is 0.488 e. The molecule has 0 saturated heterocycles. The number of benzene rings is 1. The molecule has 3 nitrogen and oxygen atoms in total. The van der Waals surface area contributed by atoms with Crippen molar-refractivity contribution in [2.24, 2.45) is 5.73 Å². The van der Waals surface area contributed by atoms with E-state index in [1.807, 2.05) is 0 Å². The van der Waals surface area contributed by atoms with Crippen LogP contribution in [0.25, 0.3) is 0 Å². The first-order chi connectivity index (χ1) is 5.65. The summed E-state index contributed by atoms with van der Waals surface area (Å²) in [7, 11) is -1.59. The van der Waals surface area contributed by atoms with E-state index in [1.54, 1.807) is 0 Å². The SMILES string of the molecule is Cl.NCc1cc(F)ccc1B(O)O. The minimum atomic E-state index is -1.59. The molecule has 1 aromatic rings. The van der Waals surface area contributed by atoms with Gasteiger partial charge in [0.05, 0.1) is 0 Å². The molecule has 72 valence electrons. The fraction of sp³-hybridized carbons (Fsp3) is 0.143. The quantitative estimate of drug-likeness (QED) is 0.564. The summed E-state index contributed by atoms with van der Waals surface area (Å²) in [5, 5.41) is 17.6. The van der Waals surface area contributed by atoms with Gasteiger partial charge in [0.2, 0.25) is 0 Å². The minimum Gasteiger partial charge on any atom is -0.423 e. The van der Waals surface area contributed by atoms with Crippen molar-refractivity contribution in [2.75, 3.05) is 0 Å². The second-order valence-corrected chi connectivity index (χ2v) is 2.42. The third-order valence-corrected chi connectivity index (χ3v) is 1.60. The smallest absolute Gasteiger partial charge is 0.423 e. The highest BCUT2D eigenvalue weighted by Gasteiger charge is 2.14. The van der Waals surface area contributed by atoms with Crippen molar-refractivity contribution >= 4 is 25.0 Å². The summed E-state index contributed by atoms with van der Waals surface area (Å²) in [5.74, 6) is -0.431. The Kier molecular flexibility index (Phi) is 4.94. The molecule has 0 aliphatic rings. The average Bonchev–Trinajstić information content (AvgIpc) is 2.03. The van der Waals surface area contributed by atoms with Gasteiger partial charge in [-0.05, 0) is 23.2 Å². The molecule has 0 heterocycles. The van der Waals surface area contributed by atoms with Crippen LogP contribution in [-0.2, 0) is 6.54 Å². The molecule has 0 saturated carbocycles. The van der Waals surface area contributed by atoms with E-state index in [-0.39, 0.29) is 24.4 Å². The zero-order valence-corrected chi connectivity index (χ0v) is 7.59. The molecule has 13 heavy (non-hydrogen) atoms. The Balaban J connectivity index is 0.00000144. The molecular formula is C7H10BClFNO2. The number of rotatable bonds is 2. The van der Waals surface area contributed by atoms with Gasteiger partial charge in [0.15, 0.2) is 0 Å². The van der Waals surface area contributed by atoms with E-state index in [4.69, 9.17) is 15.8 Å². The lowest BCUT2D eigenvalue weighted by atomic mass is 9.77. The zero-order valence-electron chi connectivity index (χ0n) is 6.77. The topological polar surface area (TPSA) is 66.5 Å². The van der Waals surface area contributed by atoms with Crippen molar-refractivity contribution < 1.29 is 14.4 Å². The summed E-state index contributed by atoms with van der Waals surface area (Å²) >= 11 is 0. The Morgan fingerprint density at radius 3 is 2.46 bits per heavy atom. The largest absolute Gasteiger partial charge is 0.488 e. The Hall–Kier alpha value is -0.615. The van der Waals surface area contributed by atoms with Crippen molar-refractivity contribution in [1.29, 1.82) is 0 Å². The number of halogens is 2. The molecular weight excluding hydrogens is 195 g/mol. The monoisotopic (exact) mass is 205 g/mol. The summed E-state index contributed by atoms with van der Waals surface area (Å²) in [4.78, 5) is 0. The van der Waals surface area contributed by atoms with Gasteiger partial charge in [-0.25, -0.2) is 4.39 Å². The van der Waals surface area contributed by atoms with E-state index in [0.29, 0.717) is 5.56 Å². The molecule has 0 radical (unpaired) electrons. The molecule has 4 N–H and O–H groups in total. The van der Waals surface area contributed by atoms with Gasteiger partial charge in [-0.3, -0.25) is 0 Å². The zero-order chi connectivity index (χ0) is 9.14. The normalized spacial score (nSPS) is 9.23. The van der Waals surface area contributed by atoms with Crippen LogP contribution in [0, 0.1) is 5.82 Å². The van der Waals surface area contributed by atoms with E-state index < -0.39 is 12.9 Å². The molecule has 0 amide bonds. The van der Waals surface area contributed by atoms with Gasteiger partial charge in [0.25, 0.3) is 0 Å². The van der Waals surface area contributed by atoms with Crippen LogP contribution >= 0.6 is 12.4 Å². The Bertz CT molecular complexity index is 285. The van der Waals surface area contributed by atoms with E-state index >= 15 is 0 Å². The Morgan fingerprint density at radius 2 is 2.00 bits per heavy atom. The lowest BCUT2D eigenvalue weighted by Gasteiger charge is -2.05. The standard InChI is InChI=1S/C7H9BFNO2.ClH/c9-6-1-2-7(8(11)12)5(3-6)4-10;/h1-3,11-12H,4,10H2;1H. The van der Waals surface area contributed by atoms with Crippen molar-refractivity contribution in [3.8, 4) is 0 Å². The second-order valence-electron chi connectivity index (χ2n) is 2.42. The van der Waals surface area contributed by atoms with Gasteiger partial charge in [-0.15, -0.1) is 12.4 Å². The number of hydrogen-bond donors (Lipinski definition) is 3. The fourth-order valence-electron chi connectivity index (χ4n) is 1.00. The van der Waals surface area contributed by atoms with Crippen molar-refractivity contribution in [2.45, 2.75) is 6.54 Å². The van der Waals surface area contributed by atoms with Crippen LogP contribution in [0.5, 0.6) is 0 Å². The van der Waals surface area contributed by atoms with Gasteiger partial charge in [0.1, 0.15) is 5.82 Å². The van der Waals surface area contributed by atoms with E-state index in [1.165, 1.54) is 12.1 Å². The molecule has 0 bridgehead atoms. The summed E-state index contributed by atoms with van der Waals surface area (Å²) in [6.07, 6.45) is 0. The van der Waals surface area contributed by atoms with Crippen LogP contribution in [-0.4, -0.2) is 17.2 Å². The fourth-order valence-corrected chi connectivity index (χ4v) is 1.00. The highest BCUT2D eigenvalue weighted by molar-refractivity contribution is 6.59.